The van der Waals surface area contributed by atoms with E-state index in [1.807, 2.05) is 39.4 Å². The summed E-state index contributed by atoms with van der Waals surface area (Å²) in [6, 6.07) is -0.911. The fraction of sp³-hybridized carbons (Fsp3) is 0.831. The van der Waals surface area contributed by atoms with Crippen LogP contribution < -0.4 is 10.2 Å². The number of amides is 1. The van der Waals surface area contributed by atoms with Crippen molar-refractivity contribution in [1.29, 1.82) is 0 Å². The summed E-state index contributed by atoms with van der Waals surface area (Å²) < 4.78 is 30.2. The van der Waals surface area contributed by atoms with E-state index in [4.69, 9.17) is 13.8 Å². The third kappa shape index (κ3) is 50.7. The molecule has 0 bridgehead atoms. The predicted octanol–water partition coefficient (Wildman–Crippen LogP) is 16.7. The summed E-state index contributed by atoms with van der Waals surface area (Å²) in [5.41, 5.74) is 0. The highest BCUT2D eigenvalue weighted by atomic mass is 31.2. The minimum atomic E-state index is -4.70. The molecule has 0 rings (SSSR count). The van der Waals surface area contributed by atoms with Gasteiger partial charge in [0.15, 0.2) is 0 Å². The Hall–Kier alpha value is -2.03. The highest BCUT2D eigenvalue weighted by molar-refractivity contribution is 7.45. The maximum atomic E-state index is 13.5. The second-order valence-corrected chi connectivity index (χ2v) is 22.2. The van der Waals surface area contributed by atoms with Crippen LogP contribution in [0.25, 0.3) is 0 Å². The summed E-state index contributed by atoms with van der Waals surface area (Å²) in [6.07, 6.45) is 59.4. The van der Waals surface area contributed by atoms with E-state index < -0.39 is 32.5 Å². The zero-order chi connectivity index (χ0) is 50.8. The van der Waals surface area contributed by atoms with E-state index in [-0.39, 0.29) is 18.9 Å². The van der Waals surface area contributed by atoms with Gasteiger partial charge < -0.3 is 28.5 Å². The number of phosphoric ester groups is 1. The van der Waals surface area contributed by atoms with Crippen LogP contribution in [0.2, 0.25) is 0 Å². The Kier molecular flexibility index (Phi) is 48.1. The van der Waals surface area contributed by atoms with Crippen molar-refractivity contribution in [3.63, 3.8) is 0 Å². The number of rotatable bonds is 52. The lowest BCUT2D eigenvalue weighted by Crippen LogP contribution is -2.47. The van der Waals surface area contributed by atoms with Gasteiger partial charge in [0.25, 0.3) is 7.82 Å². The summed E-state index contributed by atoms with van der Waals surface area (Å²) in [7, 11) is 1.16. The number of carbonyl (C=O) groups is 2. The molecule has 3 atom stereocenters. The molecule has 0 aliphatic rings. The number of allylic oxidation sites excluding steroid dienone is 7. The zero-order valence-electron chi connectivity index (χ0n) is 46.0. The minimum Gasteiger partial charge on any atom is -0.756 e. The molecule has 0 radical (unpaired) electrons. The molecule has 9 nitrogen and oxygen atoms in total. The number of ether oxygens (including phenoxy) is 1. The highest BCUT2D eigenvalue weighted by Crippen LogP contribution is 2.38. The van der Waals surface area contributed by atoms with Crippen LogP contribution >= 0.6 is 7.82 Å². The molecule has 1 N–H and O–H groups in total. The molecule has 0 aromatic carbocycles. The monoisotopic (exact) mass is 991 g/mol. The molecule has 404 valence electrons. The Balaban J connectivity index is 5.41. The van der Waals surface area contributed by atoms with Crippen LogP contribution in [0.3, 0.4) is 0 Å². The zero-order valence-corrected chi connectivity index (χ0v) is 46.9. The van der Waals surface area contributed by atoms with Crippen LogP contribution in [0.4, 0.5) is 0 Å². The predicted molar refractivity (Wildman–Crippen MR) is 293 cm³/mol. The average molecular weight is 992 g/mol. The van der Waals surface area contributed by atoms with Gasteiger partial charge in [-0.25, -0.2) is 0 Å². The van der Waals surface area contributed by atoms with Crippen LogP contribution in [0, 0.1) is 0 Å². The molecule has 69 heavy (non-hydrogen) atoms. The van der Waals surface area contributed by atoms with Crippen molar-refractivity contribution in [2.45, 2.75) is 277 Å². The number of nitrogens with zero attached hydrogens (tertiary/aromatic N) is 1. The van der Waals surface area contributed by atoms with Crippen molar-refractivity contribution in [2.24, 2.45) is 0 Å². The van der Waals surface area contributed by atoms with Gasteiger partial charge in [-0.2, -0.15) is 0 Å². The highest BCUT2D eigenvalue weighted by Gasteiger charge is 2.27. The summed E-state index contributed by atoms with van der Waals surface area (Å²) in [5, 5.41) is 3.01. The molecule has 0 aromatic heterocycles. The SMILES string of the molecule is CCCCCCCC/C=C\C/C=C/CCC(=O)OC(/C=C\CCCCCCCCCCCCC)C(COP(=O)([O-])OCC[N+](C)(C)C)NC(=O)CCCCCCCCC/C=C/CCCCCCCC. The van der Waals surface area contributed by atoms with Gasteiger partial charge in [0.2, 0.25) is 5.91 Å². The van der Waals surface area contributed by atoms with Crippen LogP contribution in [-0.2, 0) is 27.9 Å². The first kappa shape index (κ1) is 67.0. The van der Waals surface area contributed by atoms with Crippen molar-refractivity contribution >= 4 is 19.7 Å². The van der Waals surface area contributed by atoms with Gasteiger partial charge in [0.05, 0.1) is 33.8 Å². The number of hydrogen-bond donors (Lipinski definition) is 1. The molecule has 0 saturated carbocycles. The third-order valence-electron chi connectivity index (χ3n) is 12.7. The molecular weight excluding hydrogens is 880 g/mol. The van der Waals surface area contributed by atoms with Gasteiger partial charge in [-0.15, -0.1) is 0 Å². The minimum absolute atomic E-state index is 0.0304. The summed E-state index contributed by atoms with van der Waals surface area (Å²) >= 11 is 0. The van der Waals surface area contributed by atoms with Crippen molar-refractivity contribution in [3.8, 4) is 0 Å². The van der Waals surface area contributed by atoms with Gasteiger partial charge >= 0.3 is 5.97 Å². The summed E-state index contributed by atoms with van der Waals surface area (Å²) in [4.78, 5) is 39.8. The number of nitrogens with one attached hydrogen (secondary N) is 1. The third-order valence-corrected chi connectivity index (χ3v) is 13.7. The second-order valence-electron chi connectivity index (χ2n) is 20.8. The van der Waals surface area contributed by atoms with Crippen molar-refractivity contribution < 1.29 is 37.3 Å². The quantitative estimate of drug-likeness (QED) is 0.0212. The van der Waals surface area contributed by atoms with Crippen LogP contribution in [-0.4, -0.2) is 69.4 Å². The molecule has 0 aliphatic heterocycles. The molecule has 0 saturated heterocycles. The lowest BCUT2D eigenvalue weighted by atomic mass is 10.0. The maximum Gasteiger partial charge on any atom is 0.306 e. The van der Waals surface area contributed by atoms with Crippen molar-refractivity contribution in [2.75, 3.05) is 40.9 Å². The Labute approximate surface area is 427 Å². The number of unbranched alkanes of at least 4 members (excludes halogenated alkanes) is 30. The van der Waals surface area contributed by atoms with Crippen LogP contribution in [0.5, 0.6) is 0 Å². The molecule has 1 amide bonds. The van der Waals surface area contributed by atoms with E-state index in [1.54, 1.807) is 0 Å². The van der Waals surface area contributed by atoms with Gasteiger partial charge in [-0.3, -0.25) is 14.2 Å². The van der Waals surface area contributed by atoms with E-state index in [0.29, 0.717) is 23.9 Å². The maximum absolute atomic E-state index is 13.5. The van der Waals surface area contributed by atoms with Gasteiger partial charge in [-0.1, -0.05) is 224 Å². The summed E-state index contributed by atoms with van der Waals surface area (Å²) in [6.45, 7) is 6.80. The molecule has 10 heteroatoms. The lowest BCUT2D eigenvalue weighted by molar-refractivity contribution is -0.870. The first-order valence-electron chi connectivity index (χ1n) is 28.9. The smallest absolute Gasteiger partial charge is 0.306 e. The Morgan fingerprint density at radius 2 is 0.899 bits per heavy atom. The first-order valence-corrected chi connectivity index (χ1v) is 30.4. The fourth-order valence-electron chi connectivity index (χ4n) is 8.22. The number of esters is 1. The first-order chi connectivity index (χ1) is 33.4. The second kappa shape index (κ2) is 49.5. The molecule has 0 heterocycles. The van der Waals surface area contributed by atoms with Crippen LogP contribution in [0.15, 0.2) is 48.6 Å². The average Bonchev–Trinajstić information content (AvgIpc) is 3.31. The normalized spacial score (nSPS) is 14.1. The Morgan fingerprint density at radius 1 is 0.507 bits per heavy atom. The molecule has 0 aliphatic carbocycles. The van der Waals surface area contributed by atoms with E-state index in [0.717, 1.165) is 64.2 Å². The molecule has 0 spiro atoms. The topological polar surface area (TPSA) is 114 Å². The number of hydrogen-bond acceptors (Lipinski definition) is 7. The standard InChI is InChI=1S/C59H111N2O7P/c1-7-10-13-16-19-22-25-28-29-30-31-34-36-39-42-45-48-51-58(62)60-56(55-67-69(64,65)66-54-53-61(4,5)6)57(50-47-44-41-38-35-32-26-23-20-17-14-11-8-2)68-59(63)52-49-46-43-40-37-33-27-24-21-18-15-12-9-3/h28-29,33,37,43,46-47,50,56-57H,7-27,30-32,34-36,38-42,44-45,48-49,51-55H2,1-6H3,(H-,60,62,64,65)/b29-28+,37-33-,46-43+,50-47-. The van der Waals surface area contributed by atoms with E-state index >= 15 is 0 Å². The molecular formula is C59H111N2O7P. The number of phosphoric acid groups is 1. The van der Waals surface area contributed by atoms with E-state index in [2.05, 4.69) is 56.5 Å². The number of likely N-dealkylation sites (N-methyl/N-ethyl adjacent to an activating group) is 1. The fourth-order valence-corrected chi connectivity index (χ4v) is 8.94. The van der Waals surface area contributed by atoms with Gasteiger partial charge in [-0.05, 0) is 76.7 Å². The Morgan fingerprint density at radius 3 is 1.35 bits per heavy atom. The van der Waals surface area contributed by atoms with Gasteiger partial charge in [0, 0.05) is 12.8 Å². The summed E-state index contributed by atoms with van der Waals surface area (Å²) in [5.74, 6) is -0.620. The van der Waals surface area contributed by atoms with Crippen LogP contribution in [0.1, 0.15) is 265 Å². The molecule has 3 unspecified atom stereocenters. The van der Waals surface area contributed by atoms with E-state index in [1.165, 1.54) is 161 Å². The number of carbonyl (C=O) groups excluding carboxylic acids is 2. The lowest BCUT2D eigenvalue weighted by Gasteiger charge is -2.30. The molecule has 0 fully saturated rings. The van der Waals surface area contributed by atoms with Crippen molar-refractivity contribution in [1.82, 2.24) is 5.32 Å². The van der Waals surface area contributed by atoms with E-state index in [9.17, 15) is 19.0 Å². The largest absolute Gasteiger partial charge is 0.756 e. The number of quaternary nitrogens is 1. The molecule has 0 aromatic rings. The Bertz CT molecular complexity index is 1330. The van der Waals surface area contributed by atoms with Crippen molar-refractivity contribution in [3.05, 3.63) is 48.6 Å². The van der Waals surface area contributed by atoms with Gasteiger partial charge in [0.1, 0.15) is 19.3 Å².